The van der Waals surface area contributed by atoms with Crippen molar-refractivity contribution in [1.29, 1.82) is 0 Å². The second-order valence-corrected chi connectivity index (χ2v) is 7.11. The summed E-state index contributed by atoms with van der Waals surface area (Å²) in [5.41, 5.74) is 0. The molecule has 0 radical (unpaired) electrons. The van der Waals surface area contributed by atoms with Crippen molar-refractivity contribution in [2.24, 2.45) is 0 Å². The van der Waals surface area contributed by atoms with Crippen LogP contribution in [0.15, 0.2) is 0 Å². The van der Waals surface area contributed by atoms with Gasteiger partial charge in [0.25, 0.3) is 0 Å². The number of hydrogen-bond acceptors (Lipinski definition) is 6. The van der Waals surface area contributed by atoms with Gasteiger partial charge in [-0.1, -0.05) is 0 Å². The summed E-state index contributed by atoms with van der Waals surface area (Å²) >= 11 is 0. The van der Waals surface area contributed by atoms with E-state index in [2.05, 4.69) is 10.1 Å². The fourth-order valence-corrected chi connectivity index (χ4v) is 3.69. The smallest absolute Gasteiger partial charge is 0.325 e. The molecule has 0 aromatic carbocycles. The molecule has 0 saturated carbocycles. The quantitative estimate of drug-likeness (QED) is 0.613. The summed E-state index contributed by atoms with van der Waals surface area (Å²) in [7, 11) is -1.03. The Morgan fingerprint density at radius 2 is 2.15 bits per heavy atom. The van der Waals surface area contributed by atoms with Gasteiger partial charge < -0.3 is 14.8 Å². The molecule has 1 heterocycles. The maximum absolute atomic E-state index is 12.5. The first-order valence-electron chi connectivity index (χ1n) is 6.72. The van der Waals surface area contributed by atoms with Crippen LogP contribution in [0.5, 0.6) is 0 Å². The van der Waals surface area contributed by atoms with Crippen molar-refractivity contribution in [2.45, 2.75) is 31.1 Å². The van der Waals surface area contributed by atoms with Crippen molar-refractivity contribution in [2.75, 3.05) is 40.5 Å². The number of ether oxygens (including phenoxy) is 2. The van der Waals surface area contributed by atoms with Crippen LogP contribution in [0.1, 0.15) is 19.8 Å². The number of carbonyl (C=O) groups is 1. The molecule has 0 aliphatic carbocycles. The highest BCUT2D eigenvalue weighted by Gasteiger charge is 2.35. The van der Waals surface area contributed by atoms with E-state index in [0.29, 0.717) is 13.2 Å². The normalized spacial score (nSPS) is 21.1. The van der Waals surface area contributed by atoms with Gasteiger partial charge in [0.05, 0.1) is 13.7 Å². The fraction of sp³-hybridized carbons (Fsp3) is 0.917. The van der Waals surface area contributed by atoms with Crippen LogP contribution in [0, 0.1) is 0 Å². The zero-order valence-electron chi connectivity index (χ0n) is 12.3. The average molecular weight is 308 g/mol. The molecule has 1 fully saturated rings. The zero-order valence-corrected chi connectivity index (χ0v) is 13.1. The van der Waals surface area contributed by atoms with Crippen molar-refractivity contribution in [3.05, 3.63) is 0 Å². The monoisotopic (exact) mass is 308 g/mol. The Kier molecular flexibility index (Phi) is 6.87. The van der Waals surface area contributed by atoms with Gasteiger partial charge in [-0.15, -0.1) is 0 Å². The molecule has 2 unspecified atom stereocenters. The molecule has 0 aromatic rings. The van der Waals surface area contributed by atoms with Crippen LogP contribution in [0.3, 0.4) is 0 Å². The molecule has 0 amide bonds. The molecule has 1 aliphatic rings. The van der Waals surface area contributed by atoms with E-state index in [0.717, 1.165) is 19.4 Å². The second-order valence-electron chi connectivity index (χ2n) is 4.85. The highest BCUT2D eigenvalue weighted by atomic mass is 32.2. The van der Waals surface area contributed by atoms with E-state index in [4.69, 9.17) is 4.74 Å². The van der Waals surface area contributed by atoms with E-state index in [-0.39, 0.29) is 12.6 Å². The van der Waals surface area contributed by atoms with Gasteiger partial charge in [-0.2, -0.15) is 4.31 Å². The number of carbonyl (C=O) groups excluding carboxylic acids is 1. The first-order valence-corrected chi connectivity index (χ1v) is 8.23. The second kappa shape index (κ2) is 7.92. The molecule has 1 saturated heterocycles. The first kappa shape index (κ1) is 17.4. The van der Waals surface area contributed by atoms with E-state index in [9.17, 15) is 13.2 Å². The Morgan fingerprint density at radius 3 is 2.65 bits per heavy atom. The third-order valence-corrected chi connectivity index (χ3v) is 5.61. The molecule has 1 rings (SSSR count). The first-order chi connectivity index (χ1) is 9.43. The number of methoxy groups -OCH3 is 2. The molecule has 20 heavy (non-hydrogen) atoms. The Morgan fingerprint density at radius 1 is 1.45 bits per heavy atom. The van der Waals surface area contributed by atoms with Crippen LogP contribution in [0.25, 0.3) is 0 Å². The van der Waals surface area contributed by atoms with Crippen molar-refractivity contribution in [3.63, 3.8) is 0 Å². The highest BCUT2D eigenvalue weighted by Crippen LogP contribution is 2.14. The SMILES string of the molecule is COCCN(CC1CCCN1)S(=O)(=O)C(C)C(=O)OC. The highest BCUT2D eigenvalue weighted by molar-refractivity contribution is 7.90. The summed E-state index contributed by atoms with van der Waals surface area (Å²) in [6.07, 6.45) is 1.97. The van der Waals surface area contributed by atoms with Crippen LogP contribution >= 0.6 is 0 Å². The van der Waals surface area contributed by atoms with E-state index in [1.54, 1.807) is 0 Å². The van der Waals surface area contributed by atoms with Crippen LogP contribution in [0.4, 0.5) is 0 Å². The zero-order chi connectivity index (χ0) is 15.2. The lowest BCUT2D eigenvalue weighted by atomic mass is 10.2. The van der Waals surface area contributed by atoms with Crippen LogP contribution in [-0.4, -0.2) is 70.4 Å². The predicted molar refractivity (Wildman–Crippen MR) is 74.9 cm³/mol. The number of esters is 1. The van der Waals surface area contributed by atoms with Gasteiger partial charge in [-0.3, -0.25) is 4.79 Å². The average Bonchev–Trinajstić information content (AvgIpc) is 2.94. The maximum Gasteiger partial charge on any atom is 0.325 e. The Balaban J connectivity index is 2.80. The summed E-state index contributed by atoms with van der Waals surface area (Å²) in [5.74, 6) is -0.744. The topological polar surface area (TPSA) is 84.9 Å². The van der Waals surface area contributed by atoms with E-state index in [1.807, 2.05) is 0 Å². The lowest BCUT2D eigenvalue weighted by molar-refractivity contribution is -0.139. The summed E-state index contributed by atoms with van der Waals surface area (Å²) in [4.78, 5) is 11.5. The Hall–Kier alpha value is -0.700. The lowest BCUT2D eigenvalue weighted by Crippen LogP contribution is -2.47. The fourth-order valence-electron chi connectivity index (χ4n) is 2.19. The Labute approximate surface area is 120 Å². The predicted octanol–water partition coefficient (Wildman–Crippen LogP) is -0.422. The van der Waals surface area contributed by atoms with Crippen LogP contribution < -0.4 is 5.32 Å². The van der Waals surface area contributed by atoms with Gasteiger partial charge in [-0.05, 0) is 26.3 Å². The molecular formula is C12H24N2O5S. The third-order valence-electron chi connectivity index (χ3n) is 3.47. The molecule has 0 aromatic heterocycles. The maximum atomic E-state index is 12.5. The van der Waals surface area contributed by atoms with Crippen molar-refractivity contribution in [3.8, 4) is 0 Å². The molecule has 2 atom stereocenters. The van der Waals surface area contributed by atoms with E-state index >= 15 is 0 Å². The molecule has 7 nitrogen and oxygen atoms in total. The van der Waals surface area contributed by atoms with Crippen LogP contribution in [-0.2, 0) is 24.3 Å². The molecule has 1 N–H and O–H groups in total. The minimum atomic E-state index is -3.73. The molecule has 0 bridgehead atoms. The van der Waals surface area contributed by atoms with Gasteiger partial charge >= 0.3 is 5.97 Å². The summed E-state index contributed by atoms with van der Waals surface area (Å²) in [5, 5.41) is 2.05. The molecule has 118 valence electrons. The standard InChI is InChI=1S/C12H24N2O5S/c1-10(12(15)19-3)20(16,17)14(7-8-18-2)9-11-5-4-6-13-11/h10-11,13H,4-9H2,1-3H3. The third kappa shape index (κ3) is 4.41. The van der Waals surface area contributed by atoms with Crippen molar-refractivity contribution in [1.82, 2.24) is 9.62 Å². The molecule has 0 spiro atoms. The minimum Gasteiger partial charge on any atom is -0.468 e. The minimum absolute atomic E-state index is 0.131. The lowest BCUT2D eigenvalue weighted by Gasteiger charge is -2.27. The molecule has 1 aliphatic heterocycles. The number of sulfonamides is 1. The van der Waals surface area contributed by atoms with Gasteiger partial charge in [-0.25, -0.2) is 8.42 Å². The molecular weight excluding hydrogens is 284 g/mol. The molecule has 8 heteroatoms. The van der Waals surface area contributed by atoms with Gasteiger partial charge in [0, 0.05) is 26.2 Å². The largest absolute Gasteiger partial charge is 0.468 e. The number of nitrogens with one attached hydrogen (secondary N) is 1. The van der Waals surface area contributed by atoms with E-state index in [1.165, 1.54) is 25.4 Å². The summed E-state index contributed by atoms with van der Waals surface area (Å²) in [6.45, 7) is 3.13. The van der Waals surface area contributed by atoms with Crippen molar-refractivity contribution < 1.29 is 22.7 Å². The number of nitrogens with zero attached hydrogens (tertiary/aromatic N) is 1. The van der Waals surface area contributed by atoms with Gasteiger partial charge in [0.15, 0.2) is 5.25 Å². The Bertz CT molecular complexity index is 406. The number of hydrogen-bond donors (Lipinski definition) is 1. The summed E-state index contributed by atoms with van der Waals surface area (Å²) in [6, 6.07) is 0.131. The summed E-state index contributed by atoms with van der Waals surface area (Å²) < 4.78 is 35.7. The van der Waals surface area contributed by atoms with Crippen LogP contribution in [0.2, 0.25) is 0 Å². The van der Waals surface area contributed by atoms with E-state index < -0.39 is 21.2 Å². The van der Waals surface area contributed by atoms with Crippen molar-refractivity contribution >= 4 is 16.0 Å². The van der Waals surface area contributed by atoms with Gasteiger partial charge in [0.1, 0.15) is 0 Å². The van der Waals surface area contributed by atoms with Gasteiger partial charge in [0.2, 0.25) is 10.0 Å². The number of rotatable bonds is 8.